The third kappa shape index (κ3) is 4.39. The van der Waals surface area contributed by atoms with Crippen LogP contribution < -0.4 is 5.32 Å². The van der Waals surface area contributed by atoms with Crippen LogP contribution in [-0.2, 0) is 6.18 Å². The van der Waals surface area contributed by atoms with Crippen molar-refractivity contribution in [3.05, 3.63) is 69.6 Å². The van der Waals surface area contributed by atoms with E-state index in [1.165, 1.54) is 23.1 Å². The Morgan fingerprint density at radius 1 is 0.971 bits per heavy atom. The van der Waals surface area contributed by atoms with Gasteiger partial charge < -0.3 is 15.1 Å². The van der Waals surface area contributed by atoms with Gasteiger partial charge in [-0.15, -0.1) is 11.3 Å². The van der Waals surface area contributed by atoms with Gasteiger partial charge in [0.05, 0.1) is 5.56 Å². The molecule has 2 saturated heterocycles. The monoisotopic (exact) mass is 507 g/mol. The van der Waals surface area contributed by atoms with Gasteiger partial charge in [0.2, 0.25) is 0 Å². The lowest BCUT2D eigenvalue weighted by atomic mass is 10.0. The molecule has 10 heteroatoms. The Hall–Kier alpha value is -2.62. The summed E-state index contributed by atoms with van der Waals surface area (Å²) in [7, 11) is 0. The molecule has 2 amide bonds. The topological polar surface area (TPSA) is 52.7 Å². The van der Waals surface area contributed by atoms with Gasteiger partial charge in [-0.3, -0.25) is 9.59 Å². The first-order valence-corrected chi connectivity index (χ1v) is 12.1. The summed E-state index contributed by atoms with van der Waals surface area (Å²) in [6, 6.07) is 13.5. The van der Waals surface area contributed by atoms with Crippen LogP contribution >= 0.6 is 22.9 Å². The molecule has 0 aliphatic carbocycles. The highest BCUT2D eigenvalue weighted by molar-refractivity contribution is 7.21. The van der Waals surface area contributed by atoms with E-state index in [-0.39, 0.29) is 33.3 Å². The molecule has 3 aromatic rings. The molecule has 2 fully saturated rings. The van der Waals surface area contributed by atoms with Gasteiger partial charge in [-0.2, -0.15) is 13.2 Å². The van der Waals surface area contributed by atoms with Gasteiger partial charge in [0, 0.05) is 58.9 Å². The number of rotatable bonds is 4. The lowest BCUT2D eigenvalue weighted by molar-refractivity contribution is -0.136. The zero-order valence-corrected chi connectivity index (χ0v) is 19.5. The number of thiophene rings is 1. The standard InChI is InChI=1S/C24H21ClF3N3O2S/c25-15-6-7-19-18(10-15)20(24(26,27)28)21(34-19)23(33)31-12-17(13-31)29-16-8-9-30(11-16)22(32)14-4-2-1-3-5-14/h1-7,10,16-17,29H,8-9,11-13H2. The highest BCUT2D eigenvalue weighted by Crippen LogP contribution is 2.43. The van der Waals surface area contributed by atoms with E-state index in [1.807, 2.05) is 18.2 Å². The third-order valence-corrected chi connectivity index (χ3v) is 7.66. The van der Waals surface area contributed by atoms with Crippen molar-refractivity contribution >= 4 is 44.8 Å². The summed E-state index contributed by atoms with van der Waals surface area (Å²) in [6.45, 7) is 1.86. The first-order valence-electron chi connectivity index (χ1n) is 10.9. The molecule has 1 atom stereocenters. The number of nitrogens with one attached hydrogen (secondary N) is 1. The second-order valence-corrected chi connectivity index (χ2v) is 10.1. The van der Waals surface area contributed by atoms with Crippen molar-refractivity contribution < 1.29 is 22.8 Å². The van der Waals surface area contributed by atoms with E-state index in [1.54, 1.807) is 17.0 Å². The van der Waals surface area contributed by atoms with E-state index in [9.17, 15) is 22.8 Å². The number of amides is 2. The van der Waals surface area contributed by atoms with Crippen LogP contribution in [0.25, 0.3) is 10.1 Å². The fourth-order valence-electron chi connectivity index (χ4n) is 4.57. The van der Waals surface area contributed by atoms with E-state index in [0.29, 0.717) is 36.4 Å². The molecule has 2 aliphatic heterocycles. The molecule has 1 N–H and O–H groups in total. The number of fused-ring (bicyclic) bond motifs is 1. The SMILES string of the molecule is O=C(c1ccccc1)N1CCC(NC2CN(C(=O)c3sc4ccc(Cl)cc4c3C(F)(F)F)C2)C1. The maximum atomic E-state index is 13.8. The number of benzene rings is 2. The predicted molar refractivity (Wildman–Crippen MR) is 125 cm³/mol. The van der Waals surface area contributed by atoms with Gasteiger partial charge in [-0.1, -0.05) is 29.8 Å². The Balaban J connectivity index is 1.21. The molecule has 0 bridgehead atoms. The highest BCUT2D eigenvalue weighted by Gasteiger charge is 2.42. The largest absolute Gasteiger partial charge is 0.418 e. The summed E-state index contributed by atoms with van der Waals surface area (Å²) < 4.78 is 41.8. The number of alkyl halides is 3. The summed E-state index contributed by atoms with van der Waals surface area (Å²) >= 11 is 6.75. The van der Waals surface area contributed by atoms with Crippen LogP contribution in [-0.4, -0.2) is 59.9 Å². The van der Waals surface area contributed by atoms with Gasteiger partial charge in [0.15, 0.2) is 0 Å². The average molecular weight is 508 g/mol. The summed E-state index contributed by atoms with van der Waals surface area (Å²) in [5.74, 6) is -0.630. The first kappa shape index (κ1) is 23.1. The van der Waals surface area contributed by atoms with Gasteiger partial charge in [0.25, 0.3) is 11.8 Å². The van der Waals surface area contributed by atoms with Crippen LogP contribution in [0.2, 0.25) is 5.02 Å². The van der Waals surface area contributed by atoms with Crippen molar-refractivity contribution in [1.82, 2.24) is 15.1 Å². The van der Waals surface area contributed by atoms with Crippen LogP contribution in [0.5, 0.6) is 0 Å². The number of hydrogen-bond acceptors (Lipinski definition) is 4. The van der Waals surface area contributed by atoms with Gasteiger partial charge in [-0.25, -0.2) is 0 Å². The molecule has 0 radical (unpaired) electrons. The maximum Gasteiger partial charge on any atom is 0.418 e. The molecule has 2 aliphatic rings. The van der Waals surface area contributed by atoms with Gasteiger partial charge >= 0.3 is 6.18 Å². The van der Waals surface area contributed by atoms with Crippen molar-refractivity contribution in [2.45, 2.75) is 24.7 Å². The van der Waals surface area contributed by atoms with Crippen LogP contribution in [0.15, 0.2) is 48.5 Å². The Bertz CT molecular complexity index is 1240. The number of carbonyl (C=O) groups is 2. The quantitative estimate of drug-likeness (QED) is 0.546. The predicted octanol–water partition coefficient (Wildman–Crippen LogP) is 4.90. The lowest BCUT2D eigenvalue weighted by Crippen LogP contribution is -2.62. The zero-order valence-electron chi connectivity index (χ0n) is 17.9. The molecule has 0 spiro atoms. The lowest BCUT2D eigenvalue weighted by Gasteiger charge is -2.41. The highest BCUT2D eigenvalue weighted by atomic mass is 35.5. The molecule has 3 heterocycles. The average Bonchev–Trinajstić information content (AvgIpc) is 3.40. The van der Waals surface area contributed by atoms with Crippen LogP contribution in [0, 0.1) is 0 Å². The molecule has 5 nitrogen and oxygen atoms in total. The van der Waals surface area contributed by atoms with Crippen molar-refractivity contribution in [2.24, 2.45) is 0 Å². The van der Waals surface area contributed by atoms with E-state index in [4.69, 9.17) is 11.6 Å². The summed E-state index contributed by atoms with van der Waals surface area (Å²) in [5.41, 5.74) is -0.268. The minimum absolute atomic E-state index is 0.0140. The van der Waals surface area contributed by atoms with E-state index in [0.717, 1.165) is 17.8 Å². The molecule has 5 rings (SSSR count). The zero-order chi connectivity index (χ0) is 24.0. The number of halogens is 4. The molecular weight excluding hydrogens is 487 g/mol. The fourth-order valence-corrected chi connectivity index (χ4v) is 5.92. The minimum atomic E-state index is -4.66. The van der Waals surface area contributed by atoms with E-state index in [2.05, 4.69) is 5.32 Å². The van der Waals surface area contributed by atoms with Crippen molar-refractivity contribution in [3.63, 3.8) is 0 Å². The molecule has 1 aromatic heterocycles. The normalized spacial score (nSPS) is 19.0. The second kappa shape index (κ2) is 8.87. The Kier molecular flexibility index (Phi) is 6.03. The van der Waals surface area contributed by atoms with Crippen LogP contribution in [0.1, 0.15) is 32.0 Å². The molecule has 178 valence electrons. The van der Waals surface area contributed by atoms with Gasteiger partial charge in [-0.05, 0) is 36.8 Å². The molecule has 1 unspecified atom stereocenters. The Morgan fingerprint density at radius 3 is 2.38 bits per heavy atom. The summed E-state index contributed by atoms with van der Waals surface area (Å²) in [5, 5.41) is 3.59. The molecular formula is C24H21ClF3N3O2S. The molecule has 0 saturated carbocycles. The van der Waals surface area contributed by atoms with Crippen molar-refractivity contribution in [2.75, 3.05) is 26.2 Å². The van der Waals surface area contributed by atoms with E-state index < -0.39 is 17.6 Å². The van der Waals surface area contributed by atoms with E-state index >= 15 is 0 Å². The second-order valence-electron chi connectivity index (χ2n) is 8.62. The third-order valence-electron chi connectivity index (χ3n) is 6.26. The minimum Gasteiger partial charge on any atom is -0.337 e. The number of likely N-dealkylation sites (tertiary alicyclic amines) is 2. The number of nitrogens with zero attached hydrogens (tertiary/aromatic N) is 2. The first-order chi connectivity index (χ1) is 16.2. The number of carbonyl (C=O) groups excluding carboxylic acids is 2. The van der Waals surface area contributed by atoms with Gasteiger partial charge in [0.1, 0.15) is 4.88 Å². The Labute approximate surface area is 203 Å². The smallest absolute Gasteiger partial charge is 0.337 e. The fraction of sp³-hybridized carbons (Fsp3) is 0.333. The number of hydrogen-bond donors (Lipinski definition) is 1. The molecule has 34 heavy (non-hydrogen) atoms. The maximum absolute atomic E-state index is 13.8. The van der Waals surface area contributed by atoms with Crippen LogP contribution in [0.4, 0.5) is 13.2 Å². The summed E-state index contributed by atoms with van der Waals surface area (Å²) in [4.78, 5) is 28.5. The van der Waals surface area contributed by atoms with Crippen molar-refractivity contribution in [1.29, 1.82) is 0 Å². The molecule has 2 aromatic carbocycles. The van der Waals surface area contributed by atoms with Crippen LogP contribution in [0.3, 0.4) is 0 Å². The Morgan fingerprint density at radius 2 is 1.68 bits per heavy atom. The summed E-state index contributed by atoms with van der Waals surface area (Å²) in [6.07, 6.45) is -3.87. The van der Waals surface area contributed by atoms with Crippen molar-refractivity contribution in [3.8, 4) is 0 Å².